The highest BCUT2D eigenvalue weighted by Crippen LogP contribution is 2.32. The Kier molecular flexibility index (Phi) is 12.7. The minimum atomic E-state index is -1.04. The second-order valence-corrected chi connectivity index (χ2v) is 16.7. The third kappa shape index (κ3) is 9.76. The van der Waals surface area contributed by atoms with Gasteiger partial charge in [0.05, 0.1) is 18.2 Å². The zero-order valence-electron chi connectivity index (χ0n) is 33.4. The number of carbonyl (C=O) groups is 6. The van der Waals surface area contributed by atoms with Gasteiger partial charge in [-0.25, -0.2) is 14.6 Å². The van der Waals surface area contributed by atoms with E-state index >= 15 is 0 Å². The standard InChI is InChI=1S/C41H50N8O8S/c1-24(2)32(45-39(54)56-6)36(52)48-19-12-18-29(48)35(51)43-31-23-47-22-30(58-38(47)44-31)26-15-10-16-27(21-26)42-34(50)28-17-11-20-49(28)37(53)33(25-13-8-7-9-14-25)46-40(55)57-41(3,4)5/h7-10,13-16,21-24,28-29,32-33H,11-12,17-20H2,1-6H3,(H,42,50)(H,43,51)(H,45,54)(H,46,55)/t28-,29-,32?,33?/m0/s1. The molecule has 2 saturated heterocycles. The first-order valence-electron chi connectivity index (χ1n) is 19.3. The van der Waals surface area contributed by atoms with E-state index in [1.165, 1.54) is 28.2 Å². The summed E-state index contributed by atoms with van der Waals surface area (Å²) in [5.41, 5.74) is 1.18. The van der Waals surface area contributed by atoms with Crippen LogP contribution in [-0.4, -0.2) is 98.9 Å². The summed E-state index contributed by atoms with van der Waals surface area (Å²) in [6.07, 6.45) is 4.34. The Hall–Kier alpha value is -5.97. The van der Waals surface area contributed by atoms with Crippen LogP contribution in [0, 0.1) is 5.92 Å². The van der Waals surface area contributed by atoms with Gasteiger partial charge >= 0.3 is 12.2 Å². The molecule has 308 valence electrons. The molecular formula is C41H50N8O8S. The number of amides is 6. The molecule has 0 spiro atoms. The molecule has 0 saturated carbocycles. The number of methoxy groups -OCH3 is 1. The van der Waals surface area contributed by atoms with Gasteiger partial charge in [0.1, 0.15) is 29.8 Å². The molecule has 2 aromatic heterocycles. The largest absolute Gasteiger partial charge is 0.453 e. The molecule has 2 aromatic carbocycles. The number of carbonyl (C=O) groups excluding carboxylic acids is 6. The molecule has 58 heavy (non-hydrogen) atoms. The van der Waals surface area contributed by atoms with Crippen molar-refractivity contribution in [1.29, 1.82) is 0 Å². The molecule has 4 heterocycles. The van der Waals surface area contributed by atoms with E-state index in [-0.39, 0.29) is 23.6 Å². The van der Waals surface area contributed by atoms with Gasteiger partial charge in [-0.05, 0) is 75.6 Å². The Morgan fingerprint density at radius 3 is 2.09 bits per heavy atom. The van der Waals surface area contributed by atoms with Crippen LogP contribution >= 0.6 is 11.3 Å². The van der Waals surface area contributed by atoms with Gasteiger partial charge in [-0.3, -0.25) is 23.6 Å². The van der Waals surface area contributed by atoms with E-state index in [2.05, 4.69) is 26.3 Å². The molecule has 6 rings (SSSR count). The van der Waals surface area contributed by atoms with Crippen molar-refractivity contribution in [2.24, 2.45) is 5.92 Å². The highest BCUT2D eigenvalue weighted by molar-refractivity contribution is 7.20. The van der Waals surface area contributed by atoms with Crippen LogP contribution in [0.3, 0.4) is 0 Å². The third-order valence-corrected chi connectivity index (χ3v) is 11.0. The van der Waals surface area contributed by atoms with E-state index < -0.39 is 47.9 Å². The summed E-state index contributed by atoms with van der Waals surface area (Å²) in [6, 6.07) is 12.9. The zero-order chi connectivity index (χ0) is 41.7. The number of fused-ring (bicyclic) bond motifs is 1. The predicted molar refractivity (Wildman–Crippen MR) is 218 cm³/mol. The molecule has 4 aromatic rings. The van der Waals surface area contributed by atoms with Crippen LogP contribution in [0.2, 0.25) is 0 Å². The summed E-state index contributed by atoms with van der Waals surface area (Å²) in [5.74, 6) is -1.32. The van der Waals surface area contributed by atoms with E-state index in [1.54, 1.807) is 61.7 Å². The minimum absolute atomic E-state index is 0.218. The normalized spacial score (nSPS) is 17.8. The summed E-state index contributed by atoms with van der Waals surface area (Å²) >= 11 is 1.39. The molecule has 2 fully saturated rings. The number of rotatable bonds is 11. The van der Waals surface area contributed by atoms with Crippen molar-refractivity contribution in [1.82, 2.24) is 29.8 Å². The topological polar surface area (TPSA) is 193 Å². The van der Waals surface area contributed by atoms with Gasteiger partial charge in [0.15, 0.2) is 10.8 Å². The average molecular weight is 815 g/mol. The van der Waals surface area contributed by atoms with Crippen molar-refractivity contribution in [3.8, 4) is 10.4 Å². The number of alkyl carbamates (subject to hydrolysis) is 2. The molecule has 2 aliphatic heterocycles. The fraction of sp³-hybridized carbons (Fsp3) is 0.439. The molecule has 0 radical (unpaired) electrons. The van der Waals surface area contributed by atoms with Gasteiger partial charge in [0.2, 0.25) is 17.7 Å². The number of benzene rings is 2. The van der Waals surface area contributed by atoms with E-state index in [0.29, 0.717) is 60.8 Å². The van der Waals surface area contributed by atoms with Crippen LogP contribution in [0.15, 0.2) is 67.0 Å². The lowest BCUT2D eigenvalue weighted by Crippen LogP contribution is -2.54. The van der Waals surface area contributed by atoms with E-state index in [1.807, 2.05) is 44.3 Å². The van der Waals surface area contributed by atoms with Gasteiger partial charge in [-0.1, -0.05) is 67.6 Å². The van der Waals surface area contributed by atoms with Crippen LogP contribution < -0.4 is 21.3 Å². The Balaban J connectivity index is 1.10. The Bertz CT molecular complexity index is 2130. The van der Waals surface area contributed by atoms with Crippen LogP contribution in [-0.2, 0) is 28.7 Å². The first kappa shape index (κ1) is 41.7. The zero-order valence-corrected chi connectivity index (χ0v) is 34.3. The molecule has 4 atom stereocenters. The van der Waals surface area contributed by atoms with E-state index in [0.717, 1.165) is 10.4 Å². The van der Waals surface area contributed by atoms with Crippen LogP contribution in [0.5, 0.6) is 0 Å². The molecule has 6 amide bonds. The summed E-state index contributed by atoms with van der Waals surface area (Å²) < 4.78 is 11.9. The Morgan fingerprint density at radius 1 is 0.810 bits per heavy atom. The second kappa shape index (κ2) is 17.7. The number of nitrogens with zero attached hydrogens (tertiary/aromatic N) is 4. The lowest BCUT2D eigenvalue weighted by Gasteiger charge is -2.30. The van der Waals surface area contributed by atoms with E-state index in [9.17, 15) is 28.8 Å². The fourth-order valence-corrected chi connectivity index (χ4v) is 8.15. The number of anilines is 2. The van der Waals surface area contributed by atoms with Crippen LogP contribution in [0.4, 0.5) is 21.1 Å². The number of ether oxygens (including phenoxy) is 2. The van der Waals surface area contributed by atoms with Gasteiger partial charge in [-0.2, -0.15) is 0 Å². The average Bonchev–Trinajstić information content (AvgIpc) is 4.00. The number of likely N-dealkylation sites (tertiary alicyclic amines) is 2. The van der Waals surface area contributed by atoms with Gasteiger partial charge < -0.3 is 40.5 Å². The first-order valence-corrected chi connectivity index (χ1v) is 20.1. The Morgan fingerprint density at radius 2 is 1.47 bits per heavy atom. The number of imidazole rings is 1. The Labute approximate surface area is 340 Å². The minimum Gasteiger partial charge on any atom is -0.453 e. The SMILES string of the molecule is COC(=O)NC(C(=O)N1CCC[C@H]1C(=O)Nc1cn2cc(-c3cccc(NC(=O)[C@@H]4CCCN4C(=O)C(NC(=O)OC(C)(C)C)c4ccccc4)c3)sc2n1)C(C)C. The fourth-order valence-electron chi connectivity index (χ4n) is 7.18. The number of hydrogen-bond acceptors (Lipinski definition) is 10. The number of aromatic nitrogens is 2. The maximum Gasteiger partial charge on any atom is 0.408 e. The smallest absolute Gasteiger partial charge is 0.408 e. The quantitative estimate of drug-likeness (QED) is 0.150. The molecule has 16 nitrogen and oxygen atoms in total. The van der Waals surface area contributed by atoms with Crippen molar-refractivity contribution >= 4 is 63.6 Å². The molecule has 2 aliphatic rings. The number of nitrogens with one attached hydrogen (secondary N) is 4. The monoisotopic (exact) mass is 814 g/mol. The lowest BCUT2D eigenvalue weighted by atomic mass is 10.0. The molecular weight excluding hydrogens is 765 g/mol. The van der Waals surface area contributed by atoms with Crippen LogP contribution in [0.1, 0.15) is 71.9 Å². The highest BCUT2D eigenvalue weighted by atomic mass is 32.1. The van der Waals surface area contributed by atoms with E-state index in [4.69, 9.17) is 9.47 Å². The van der Waals surface area contributed by atoms with Gasteiger partial charge in [0, 0.05) is 25.0 Å². The molecule has 17 heteroatoms. The second-order valence-electron chi connectivity index (χ2n) is 15.7. The lowest BCUT2D eigenvalue weighted by molar-refractivity contribution is -0.139. The van der Waals surface area contributed by atoms with Gasteiger partial charge in [0.25, 0.3) is 5.91 Å². The van der Waals surface area contributed by atoms with Crippen molar-refractivity contribution in [2.45, 2.75) is 90.1 Å². The predicted octanol–water partition coefficient (Wildman–Crippen LogP) is 5.57. The van der Waals surface area contributed by atoms with Gasteiger partial charge in [-0.15, -0.1) is 0 Å². The summed E-state index contributed by atoms with van der Waals surface area (Å²) in [6.45, 7) is 9.61. The van der Waals surface area contributed by atoms with Crippen molar-refractivity contribution in [3.05, 3.63) is 72.6 Å². The van der Waals surface area contributed by atoms with Crippen LogP contribution in [0.25, 0.3) is 15.4 Å². The summed E-state index contributed by atoms with van der Waals surface area (Å²) in [4.78, 5) is 88.4. The van der Waals surface area contributed by atoms with Crippen molar-refractivity contribution in [3.63, 3.8) is 0 Å². The molecule has 4 N–H and O–H groups in total. The third-order valence-electron chi connectivity index (χ3n) is 9.93. The number of thiazole rings is 1. The summed E-state index contributed by atoms with van der Waals surface area (Å²) in [7, 11) is 1.23. The number of hydrogen-bond donors (Lipinski definition) is 4. The summed E-state index contributed by atoms with van der Waals surface area (Å²) in [5, 5.41) is 11.1. The molecule has 0 bridgehead atoms. The van der Waals surface area contributed by atoms with Crippen molar-refractivity contribution in [2.75, 3.05) is 30.8 Å². The maximum atomic E-state index is 14.0. The molecule has 0 aliphatic carbocycles. The maximum absolute atomic E-state index is 14.0. The highest BCUT2D eigenvalue weighted by Gasteiger charge is 2.40. The van der Waals surface area contributed by atoms with Crippen molar-refractivity contribution < 1.29 is 38.2 Å². The first-order chi connectivity index (χ1) is 27.6. The molecule has 2 unspecified atom stereocenters.